The lowest BCUT2D eigenvalue weighted by Crippen LogP contribution is -2.35. The van der Waals surface area contributed by atoms with Gasteiger partial charge in [-0.2, -0.15) is 0 Å². The van der Waals surface area contributed by atoms with E-state index in [4.69, 9.17) is 0 Å². The van der Waals surface area contributed by atoms with E-state index in [0.717, 1.165) is 19.3 Å². The van der Waals surface area contributed by atoms with Crippen molar-refractivity contribution < 1.29 is 8.78 Å². The summed E-state index contributed by atoms with van der Waals surface area (Å²) in [5.41, 5.74) is 0.527. The van der Waals surface area contributed by atoms with Crippen LogP contribution in [-0.4, -0.2) is 13.1 Å². The van der Waals surface area contributed by atoms with Crippen LogP contribution in [-0.2, 0) is 0 Å². The maximum absolute atomic E-state index is 13.7. The molecule has 2 atom stereocenters. The zero-order valence-corrected chi connectivity index (χ0v) is 9.47. The molecular formula is C13H17F2N. The highest BCUT2D eigenvalue weighted by atomic mass is 19.1. The molecule has 0 radical (unpaired) electrons. The van der Waals surface area contributed by atoms with Crippen LogP contribution in [0.15, 0.2) is 18.2 Å². The average molecular weight is 225 g/mol. The van der Waals surface area contributed by atoms with Crippen molar-refractivity contribution in [2.24, 2.45) is 0 Å². The van der Waals surface area contributed by atoms with Crippen LogP contribution in [0.4, 0.5) is 8.78 Å². The Kier molecular flexibility index (Phi) is 3.54. The lowest BCUT2D eigenvalue weighted by atomic mass is 9.80. The van der Waals surface area contributed by atoms with Gasteiger partial charge >= 0.3 is 0 Å². The van der Waals surface area contributed by atoms with Gasteiger partial charge in [0, 0.05) is 12.0 Å². The molecular weight excluding hydrogens is 208 g/mol. The van der Waals surface area contributed by atoms with E-state index in [1.807, 2.05) is 7.05 Å². The van der Waals surface area contributed by atoms with Gasteiger partial charge in [-0.05, 0) is 43.7 Å². The minimum atomic E-state index is -0.350. The Hall–Kier alpha value is -0.960. The van der Waals surface area contributed by atoms with Gasteiger partial charge in [0.1, 0.15) is 11.6 Å². The molecule has 16 heavy (non-hydrogen) atoms. The first-order valence-electron chi connectivity index (χ1n) is 5.84. The summed E-state index contributed by atoms with van der Waals surface area (Å²) in [5.74, 6) is -0.528. The summed E-state index contributed by atoms with van der Waals surface area (Å²) in [5, 5.41) is 3.21. The van der Waals surface area contributed by atoms with E-state index >= 15 is 0 Å². The number of likely N-dealkylation sites (N-methyl/N-ethyl adjacent to an activating group) is 1. The number of nitrogens with one attached hydrogen (secondary N) is 1. The van der Waals surface area contributed by atoms with Gasteiger partial charge in [0.15, 0.2) is 0 Å². The fourth-order valence-electron chi connectivity index (χ4n) is 2.65. The molecule has 0 bridgehead atoms. The molecule has 1 aromatic rings. The second-order valence-electron chi connectivity index (χ2n) is 4.45. The average Bonchev–Trinajstić information content (AvgIpc) is 2.32. The van der Waals surface area contributed by atoms with Gasteiger partial charge in [-0.25, -0.2) is 8.78 Å². The van der Waals surface area contributed by atoms with Crippen molar-refractivity contribution in [1.82, 2.24) is 5.32 Å². The van der Waals surface area contributed by atoms with Crippen molar-refractivity contribution in [1.29, 1.82) is 0 Å². The van der Waals surface area contributed by atoms with Crippen LogP contribution >= 0.6 is 0 Å². The predicted molar refractivity (Wildman–Crippen MR) is 60.4 cm³/mol. The zero-order valence-electron chi connectivity index (χ0n) is 9.47. The van der Waals surface area contributed by atoms with Crippen molar-refractivity contribution in [3.05, 3.63) is 35.4 Å². The van der Waals surface area contributed by atoms with Crippen molar-refractivity contribution in [2.75, 3.05) is 7.05 Å². The maximum Gasteiger partial charge on any atom is 0.126 e. The Morgan fingerprint density at radius 1 is 1.19 bits per heavy atom. The Labute approximate surface area is 94.9 Å². The van der Waals surface area contributed by atoms with Gasteiger partial charge in [0.05, 0.1) is 0 Å². The summed E-state index contributed by atoms with van der Waals surface area (Å²) in [6, 6.07) is 4.02. The number of benzene rings is 1. The first-order chi connectivity index (χ1) is 7.72. The molecule has 1 nitrogen and oxygen atoms in total. The molecule has 0 aliphatic heterocycles. The van der Waals surface area contributed by atoms with Gasteiger partial charge in [0.2, 0.25) is 0 Å². The van der Waals surface area contributed by atoms with Gasteiger partial charge < -0.3 is 5.32 Å². The predicted octanol–water partition coefficient (Wildman–Crippen LogP) is 3.21. The number of rotatable bonds is 2. The van der Waals surface area contributed by atoms with E-state index in [0.29, 0.717) is 5.56 Å². The van der Waals surface area contributed by atoms with E-state index < -0.39 is 0 Å². The molecule has 1 aromatic carbocycles. The quantitative estimate of drug-likeness (QED) is 0.815. The first kappa shape index (κ1) is 11.5. The Bertz CT molecular complexity index is 365. The van der Waals surface area contributed by atoms with Crippen molar-refractivity contribution in [2.45, 2.75) is 37.6 Å². The summed E-state index contributed by atoms with van der Waals surface area (Å²) >= 11 is 0. The van der Waals surface area contributed by atoms with Gasteiger partial charge in [-0.3, -0.25) is 0 Å². The largest absolute Gasteiger partial charge is 0.316 e. The van der Waals surface area contributed by atoms with Crippen LogP contribution < -0.4 is 5.32 Å². The molecule has 88 valence electrons. The third-order valence-corrected chi connectivity index (χ3v) is 3.49. The van der Waals surface area contributed by atoms with Crippen molar-refractivity contribution in [3.8, 4) is 0 Å². The van der Waals surface area contributed by atoms with Crippen LogP contribution in [0.5, 0.6) is 0 Å². The standard InChI is InChI=1S/C13H17F2N/c1-16-13-5-3-2-4-10(13)11-8-9(14)6-7-12(11)15/h6-8,10,13,16H,2-5H2,1H3. The number of hydrogen-bond donors (Lipinski definition) is 1. The van der Waals surface area contributed by atoms with E-state index in [1.165, 1.54) is 24.6 Å². The monoisotopic (exact) mass is 225 g/mol. The highest BCUT2D eigenvalue weighted by Crippen LogP contribution is 2.34. The van der Waals surface area contributed by atoms with Crippen LogP contribution in [0.1, 0.15) is 37.2 Å². The lowest BCUT2D eigenvalue weighted by Gasteiger charge is -2.31. The van der Waals surface area contributed by atoms with Crippen LogP contribution in [0.2, 0.25) is 0 Å². The highest BCUT2D eigenvalue weighted by Gasteiger charge is 2.27. The molecule has 2 unspecified atom stereocenters. The normalized spacial score (nSPS) is 25.7. The zero-order chi connectivity index (χ0) is 11.5. The van der Waals surface area contributed by atoms with Gasteiger partial charge in [-0.1, -0.05) is 12.8 Å². The third kappa shape index (κ3) is 2.24. The van der Waals surface area contributed by atoms with E-state index in [1.54, 1.807) is 0 Å². The fourth-order valence-corrected chi connectivity index (χ4v) is 2.65. The summed E-state index contributed by atoms with van der Waals surface area (Å²) in [7, 11) is 1.89. The Morgan fingerprint density at radius 3 is 2.69 bits per heavy atom. The topological polar surface area (TPSA) is 12.0 Å². The maximum atomic E-state index is 13.7. The smallest absolute Gasteiger partial charge is 0.126 e. The first-order valence-corrected chi connectivity index (χ1v) is 5.84. The minimum Gasteiger partial charge on any atom is -0.316 e. The van der Waals surface area contributed by atoms with E-state index in [-0.39, 0.29) is 23.6 Å². The fraction of sp³-hybridized carbons (Fsp3) is 0.538. The van der Waals surface area contributed by atoms with Gasteiger partial charge in [-0.15, -0.1) is 0 Å². The summed E-state index contributed by atoms with van der Waals surface area (Å²) in [4.78, 5) is 0. The molecule has 1 aliphatic rings. The van der Waals surface area contributed by atoms with Crippen molar-refractivity contribution >= 4 is 0 Å². The molecule has 0 heterocycles. The third-order valence-electron chi connectivity index (χ3n) is 3.49. The second-order valence-corrected chi connectivity index (χ2v) is 4.45. The van der Waals surface area contributed by atoms with Crippen LogP contribution in [0, 0.1) is 11.6 Å². The van der Waals surface area contributed by atoms with E-state index in [9.17, 15) is 8.78 Å². The molecule has 2 rings (SSSR count). The Balaban J connectivity index is 2.30. The molecule has 1 N–H and O–H groups in total. The number of halogens is 2. The SMILES string of the molecule is CNC1CCCCC1c1cc(F)ccc1F. The van der Waals surface area contributed by atoms with E-state index in [2.05, 4.69) is 5.32 Å². The highest BCUT2D eigenvalue weighted by molar-refractivity contribution is 5.25. The number of hydrogen-bond acceptors (Lipinski definition) is 1. The summed E-state index contributed by atoms with van der Waals surface area (Å²) < 4.78 is 26.8. The molecule has 0 saturated heterocycles. The second kappa shape index (κ2) is 4.91. The van der Waals surface area contributed by atoms with Crippen LogP contribution in [0.25, 0.3) is 0 Å². The van der Waals surface area contributed by atoms with Crippen LogP contribution in [0.3, 0.4) is 0 Å². The molecule has 0 spiro atoms. The molecule has 0 amide bonds. The van der Waals surface area contributed by atoms with Gasteiger partial charge in [0.25, 0.3) is 0 Å². The summed E-state index contributed by atoms with van der Waals surface area (Å²) in [6.45, 7) is 0. The minimum absolute atomic E-state index is 0.106. The van der Waals surface area contributed by atoms with Crippen molar-refractivity contribution in [3.63, 3.8) is 0 Å². The lowest BCUT2D eigenvalue weighted by molar-refractivity contribution is 0.336. The molecule has 1 aliphatic carbocycles. The molecule has 1 saturated carbocycles. The summed E-state index contributed by atoms with van der Waals surface area (Å²) in [6.07, 6.45) is 4.24. The Morgan fingerprint density at radius 2 is 1.94 bits per heavy atom. The molecule has 1 fully saturated rings. The molecule has 0 aromatic heterocycles. The molecule has 3 heteroatoms.